The van der Waals surface area contributed by atoms with Crippen LogP contribution in [-0.2, 0) is 13.0 Å². The van der Waals surface area contributed by atoms with Gasteiger partial charge >= 0.3 is 0 Å². The largest absolute Gasteiger partial charge is 0.356 e. The van der Waals surface area contributed by atoms with Crippen molar-refractivity contribution in [2.45, 2.75) is 39.2 Å². The molecule has 0 aliphatic carbocycles. The second-order valence-electron chi connectivity index (χ2n) is 7.13. The lowest BCUT2D eigenvalue weighted by atomic mass is 10.0. The fourth-order valence-corrected chi connectivity index (χ4v) is 2.94. The molecule has 0 atom stereocenters. The maximum atomic E-state index is 11.7. The van der Waals surface area contributed by atoms with Gasteiger partial charge in [-0.25, -0.2) is 0 Å². The van der Waals surface area contributed by atoms with Gasteiger partial charge in [0.05, 0.1) is 0 Å². The zero-order valence-corrected chi connectivity index (χ0v) is 17.4. The molecule has 28 heavy (non-hydrogen) atoms. The Bertz CT molecular complexity index is 781. The molecule has 0 saturated carbocycles. The highest BCUT2D eigenvalue weighted by Gasteiger charge is 2.04. The second kappa shape index (κ2) is 11.1. The Morgan fingerprint density at radius 1 is 1.04 bits per heavy atom. The van der Waals surface area contributed by atoms with E-state index in [2.05, 4.69) is 59.1 Å². The van der Waals surface area contributed by atoms with E-state index in [1.807, 2.05) is 24.3 Å². The van der Waals surface area contributed by atoms with Crippen LogP contribution in [0.25, 0.3) is 0 Å². The summed E-state index contributed by atoms with van der Waals surface area (Å²) in [5.41, 5.74) is 4.44. The average Bonchev–Trinajstić information content (AvgIpc) is 2.73. The molecule has 3 N–H and O–H groups in total. The maximum Gasteiger partial charge on any atom is 0.251 e. The van der Waals surface area contributed by atoms with E-state index in [-0.39, 0.29) is 5.91 Å². The third-order valence-electron chi connectivity index (χ3n) is 4.68. The molecule has 2 rings (SSSR count). The number of carbonyl (C=O) groups excluding carboxylic acids is 1. The molecule has 5 nitrogen and oxygen atoms in total. The molecule has 0 fully saturated rings. The topological polar surface area (TPSA) is 65.5 Å². The third kappa shape index (κ3) is 6.72. The van der Waals surface area contributed by atoms with Crippen molar-refractivity contribution >= 4 is 11.9 Å². The molecular formula is C23H32N4O. The summed E-state index contributed by atoms with van der Waals surface area (Å²) >= 11 is 0. The smallest absolute Gasteiger partial charge is 0.251 e. The van der Waals surface area contributed by atoms with Crippen LogP contribution in [0.1, 0.15) is 53.2 Å². The molecule has 0 unspecified atom stereocenters. The number of guanidine groups is 1. The summed E-state index contributed by atoms with van der Waals surface area (Å²) in [6.07, 6.45) is 2.07. The van der Waals surface area contributed by atoms with Crippen molar-refractivity contribution in [3.05, 3.63) is 70.8 Å². The van der Waals surface area contributed by atoms with Gasteiger partial charge in [0.25, 0.3) is 5.91 Å². The van der Waals surface area contributed by atoms with Crippen molar-refractivity contribution in [3.8, 4) is 0 Å². The van der Waals surface area contributed by atoms with Crippen LogP contribution < -0.4 is 16.0 Å². The minimum Gasteiger partial charge on any atom is -0.356 e. The second-order valence-corrected chi connectivity index (χ2v) is 7.13. The van der Waals surface area contributed by atoms with Crippen LogP contribution in [0.4, 0.5) is 0 Å². The van der Waals surface area contributed by atoms with Gasteiger partial charge in [-0.3, -0.25) is 9.79 Å². The van der Waals surface area contributed by atoms with Gasteiger partial charge in [0.1, 0.15) is 0 Å². The molecule has 2 aromatic rings. The van der Waals surface area contributed by atoms with Crippen molar-refractivity contribution < 1.29 is 4.79 Å². The molecule has 5 heteroatoms. The summed E-state index contributed by atoms with van der Waals surface area (Å²) in [6.45, 7) is 5.89. The van der Waals surface area contributed by atoms with Crippen LogP contribution >= 0.6 is 0 Å². The summed E-state index contributed by atoms with van der Waals surface area (Å²) < 4.78 is 0. The van der Waals surface area contributed by atoms with E-state index >= 15 is 0 Å². The summed E-state index contributed by atoms with van der Waals surface area (Å²) in [5, 5.41) is 9.29. The van der Waals surface area contributed by atoms with Crippen LogP contribution in [0.3, 0.4) is 0 Å². The summed E-state index contributed by atoms with van der Waals surface area (Å²) in [5.74, 6) is 1.26. The first kappa shape index (κ1) is 21.5. The molecule has 150 valence electrons. The zero-order valence-electron chi connectivity index (χ0n) is 17.4. The minimum absolute atomic E-state index is 0.0780. The number of nitrogens with one attached hydrogen (secondary N) is 3. The number of hydrogen-bond acceptors (Lipinski definition) is 2. The van der Waals surface area contributed by atoms with Gasteiger partial charge in [0, 0.05) is 32.7 Å². The Morgan fingerprint density at radius 2 is 1.79 bits per heavy atom. The number of benzene rings is 2. The molecule has 0 aliphatic heterocycles. The number of amides is 1. The minimum atomic E-state index is -0.0780. The van der Waals surface area contributed by atoms with Crippen LogP contribution in [0.2, 0.25) is 0 Å². The third-order valence-corrected chi connectivity index (χ3v) is 4.68. The van der Waals surface area contributed by atoms with Gasteiger partial charge < -0.3 is 16.0 Å². The fourth-order valence-electron chi connectivity index (χ4n) is 2.94. The number of nitrogens with zero attached hydrogens (tertiary/aromatic N) is 1. The van der Waals surface area contributed by atoms with Crippen LogP contribution in [-0.4, -0.2) is 32.5 Å². The fraction of sp³-hybridized carbons (Fsp3) is 0.391. The van der Waals surface area contributed by atoms with Gasteiger partial charge in [-0.2, -0.15) is 0 Å². The molecule has 0 aromatic heterocycles. The SMILES string of the molecule is CN=C(NCCCc1ccc(C(C)C)cc1)NCc1cccc(C(=O)NC)c1. The molecule has 2 aromatic carbocycles. The number of aliphatic imine (C=N–C) groups is 1. The van der Waals surface area contributed by atoms with Crippen molar-refractivity contribution in [3.63, 3.8) is 0 Å². The van der Waals surface area contributed by atoms with E-state index in [9.17, 15) is 4.79 Å². The van der Waals surface area contributed by atoms with Gasteiger partial charge in [0.15, 0.2) is 5.96 Å². The van der Waals surface area contributed by atoms with Crippen molar-refractivity contribution in [1.29, 1.82) is 0 Å². The summed E-state index contributed by atoms with van der Waals surface area (Å²) in [6, 6.07) is 16.5. The molecule has 0 heterocycles. The summed E-state index contributed by atoms with van der Waals surface area (Å²) in [7, 11) is 3.40. The number of rotatable bonds is 8. The maximum absolute atomic E-state index is 11.7. The first-order chi connectivity index (χ1) is 13.5. The van der Waals surface area contributed by atoms with Gasteiger partial charge in [-0.15, -0.1) is 0 Å². The summed E-state index contributed by atoms with van der Waals surface area (Å²) in [4.78, 5) is 16.0. The van der Waals surface area contributed by atoms with Crippen molar-refractivity contribution in [2.24, 2.45) is 4.99 Å². The highest BCUT2D eigenvalue weighted by Crippen LogP contribution is 2.15. The number of aryl methyl sites for hydroxylation is 1. The molecule has 0 bridgehead atoms. The van der Waals surface area contributed by atoms with E-state index in [1.165, 1.54) is 11.1 Å². The predicted octanol–water partition coefficient (Wildman–Crippen LogP) is 3.47. The lowest BCUT2D eigenvalue weighted by Crippen LogP contribution is -2.37. The monoisotopic (exact) mass is 380 g/mol. The van der Waals surface area contributed by atoms with Crippen LogP contribution in [0.15, 0.2) is 53.5 Å². The average molecular weight is 381 g/mol. The molecule has 0 aliphatic rings. The number of hydrogen-bond donors (Lipinski definition) is 3. The van der Waals surface area contributed by atoms with Crippen LogP contribution in [0.5, 0.6) is 0 Å². The molecule has 0 saturated heterocycles. The van der Waals surface area contributed by atoms with Gasteiger partial charge in [-0.1, -0.05) is 50.2 Å². The van der Waals surface area contributed by atoms with E-state index in [4.69, 9.17) is 0 Å². The molecule has 0 spiro atoms. The predicted molar refractivity (Wildman–Crippen MR) is 117 cm³/mol. The Balaban J connectivity index is 1.75. The quantitative estimate of drug-likeness (QED) is 0.373. The van der Waals surface area contributed by atoms with E-state index in [1.54, 1.807) is 14.1 Å². The van der Waals surface area contributed by atoms with Gasteiger partial charge in [0.2, 0.25) is 0 Å². The van der Waals surface area contributed by atoms with Gasteiger partial charge in [-0.05, 0) is 47.6 Å². The van der Waals surface area contributed by atoms with E-state index < -0.39 is 0 Å². The normalized spacial score (nSPS) is 11.4. The van der Waals surface area contributed by atoms with E-state index in [0.717, 1.165) is 30.9 Å². The first-order valence-electron chi connectivity index (χ1n) is 9.88. The number of carbonyl (C=O) groups is 1. The standard InChI is InChI=1S/C23H32N4O/c1-17(2)20-12-10-18(11-13-20)8-6-14-26-23(25-4)27-16-19-7-5-9-21(15-19)22(28)24-3/h5,7,9-13,15,17H,6,8,14,16H2,1-4H3,(H,24,28)(H2,25,26,27). The zero-order chi connectivity index (χ0) is 20.4. The molecule has 0 radical (unpaired) electrons. The van der Waals surface area contributed by atoms with E-state index in [0.29, 0.717) is 18.0 Å². The Labute approximate surface area is 168 Å². The Hall–Kier alpha value is -2.82. The van der Waals surface area contributed by atoms with Crippen molar-refractivity contribution in [1.82, 2.24) is 16.0 Å². The molecular weight excluding hydrogens is 348 g/mol. The highest BCUT2D eigenvalue weighted by atomic mass is 16.1. The Morgan fingerprint density at radius 3 is 2.43 bits per heavy atom. The highest BCUT2D eigenvalue weighted by molar-refractivity contribution is 5.94. The lowest BCUT2D eigenvalue weighted by Gasteiger charge is -2.13. The lowest BCUT2D eigenvalue weighted by molar-refractivity contribution is 0.0963. The Kier molecular flexibility index (Phi) is 8.53. The van der Waals surface area contributed by atoms with Crippen LogP contribution in [0, 0.1) is 0 Å². The first-order valence-corrected chi connectivity index (χ1v) is 9.88. The molecule has 1 amide bonds. The van der Waals surface area contributed by atoms with Crippen molar-refractivity contribution in [2.75, 3.05) is 20.6 Å².